The standard InChI is InChI=1S/C20H21BrN4O4/c1-3-22-19(27)20(28)25-23-11-14-6-4-5-7-17(14)29-12-18(26)24-16-9-8-15(21)10-13(16)2/h4-11H,3,12H2,1-2H3,(H,22,27)(H,24,26)(H,25,28)/b23-11-. The molecule has 0 radical (unpaired) electrons. The number of benzene rings is 2. The van der Waals surface area contributed by atoms with Crippen LogP contribution in [-0.4, -0.2) is 37.1 Å². The second-order valence-corrected chi connectivity index (χ2v) is 6.81. The topological polar surface area (TPSA) is 109 Å². The normalized spacial score (nSPS) is 10.4. The second kappa shape index (κ2) is 11.0. The zero-order chi connectivity index (χ0) is 21.2. The number of para-hydroxylation sites is 1. The van der Waals surface area contributed by atoms with Gasteiger partial charge in [-0.1, -0.05) is 28.1 Å². The molecule has 0 spiro atoms. The van der Waals surface area contributed by atoms with E-state index in [1.165, 1.54) is 6.21 Å². The van der Waals surface area contributed by atoms with Gasteiger partial charge in [-0.25, -0.2) is 5.43 Å². The van der Waals surface area contributed by atoms with E-state index in [0.29, 0.717) is 23.5 Å². The first-order chi connectivity index (χ1) is 13.9. The first kappa shape index (κ1) is 22.1. The van der Waals surface area contributed by atoms with Gasteiger partial charge in [0.1, 0.15) is 5.75 Å². The van der Waals surface area contributed by atoms with E-state index in [9.17, 15) is 14.4 Å². The van der Waals surface area contributed by atoms with E-state index in [1.54, 1.807) is 37.3 Å². The molecule has 9 heteroatoms. The predicted molar refractivity (Wildman–Crippen MR) is 114 cm³/mol. The summed E-state index contributed by atoms with van der Waals surface area (Å²) in [5.41, 5.74) is 4.29. The molecule has 8 nitrogen and oxygen atoms in total. The number of rotatable bonds is 7. The van der Waals surface area contributed by atoms with Crippen LogP contribution < -0.4 is 20.8 Å². The number of hydrogen-bond donors (Lipinski definition) is 3. The number of carbonyl (C=O) groups excluding carboxylic acids is 3. The summed E-state index contributed by atoms with van der Waals surface area (Å²) in [5.74, 6) is -1.54. The Morgan fingerprint density at radius 2 is 1.90 bits per heavy atom. The average molecular weight is 461 g/mol. The van der Waals surface area contributed by atoms with Crippen molar-refractivity contribution in [1.29, 1.82) is 0 Å². The van der Waals surface area contributed by atoms with Crippen LogP contribution in [0.5, 0.6) is 5.75 Å². The molecule has 0 aliphatic carbocycles. The van der Waals surface area contributed by atoms with Crippen LogP contribution in [0.3, 0.4) is 0 Å². The van der Waals surface area contributed by atoms with E-state index in [-0.39, 0.29) is 12.5 Å². The summed E-state index contributed by atoms with van der Waals surface area (Å²) < 4.78 is 6.50. The Hall–Kier alpha value is -3.20. The maximum atomic E-state index is 12.2. The summed E-state index contributed by atoms with van der Waals surface area (Å²) in [6.07, 6.45) is 1.34. The molecule has 0 saturated heterocycles. The zero-order valence-electron chi connectivity index (χ0n) is 16.0. The molecule has 0 fully saturated rings. The largest absolute Gasteiger partial charge is 0.483 e. The molecule has 0 saturated carbocycles. The fourth-order valence-corrected chi connectivity index (χ4v) is 2.74. The summed E-state index contributed by atoms with van der Waals surface area (Å²) in [6, 6.07) is 12.4. The summed E-state index contributed by atoms with van der Waals surface area (Å²) >= 11 is 3.38. The maximum absolute atomic E-state index is 12.2. The lowest BCUT2D eigenvalue weighted by atomic mass is 10.2. The van der Waals surface area contributed by atoms with Gasteiger partial charge >= 0.3 is 11.8 Å². The molecule has 0 bridgehead atoms. The SMILES string of the molecule is CCNC(=O)C(=O)N/N=C\c1ccccc1OCC(=O)Nc1ccc(Br)cc1C. The van der Waals surface area contributed by atoms with Gasteiger partial charge in [0, 0.05) is 22.3 Å². The van der Waals surface area contributed by atoms with Crippen molar-refractivity contribution in [3.05, 3.63) is 58.1 Å². The predicted octanol–water partition coefficient (Wildman–Crippen LogP) is 2.36. The smallest absolute Gasteiger partial charge is 0.329 e. The lowest BCUT2D eigenvalue weighted by Crippen LogP contribution is -2.37. The fraction of sp³-hybridized carbons (Fsp3) is 0.200. The minimum atomic E-state index is -0.870. The zero-order valence-corrected chi connectivity index (χ0v) is 17.6. The van der Waals surface area contributed by atoms with Crippen molar-refractivity contribution in [3.63, 3.8) is 0 Å². The number of aryl methyl sites for hydroxylation is 1. The summed E-state index contributed by atoms with van der Waals surface area (Å²) in [5, 5.41) is 8.91. The van der Waals surface area contributed by atoms with E-state index >= 15 is 0 Å². The van der Waals surface area contributed by atoms with E-state index in [1.807, 2.05) is 19.1 Å². The first-order valence-corrected chi connectivity index (χ1v) is 9.59. The van der Waals surface area contributed by atoms with Crippen molar-refractivity contribution in [3.8, 4) is 5.75 Å². The number of carbonyl (C=O) groups is 3. The Kier molecular flexibility index (Phi) is 8.35. The van der Waals surface area contributed by atoms with Crippen molar-refractivity contribution < 1.29 is 19.1 Å². The van der Waals surface area contributed by atoms with Gasteiger partial charge in [0.05, 0.1) is 6.21 Å². The molecular weight excluding hydrogens is 440 g/mol. The number of anilines is 1. The highest BCUT2D eigenvalue weighted by atomic mass is 79.9. The quantitative estimate of drug-likeness (QED) is 0.334. The Labute approximate surface area is 176 Å². The monoisotopic (exact) mass is 460 g/mol. The van der Waals surface area contributed by atoms with Crippen LogP contribution in [-0.2, 0) is 14.4 Å². The van der Waals surface area contributed by atoms with Crippen LogP contribution in [0.1, 0.15) is 18.1 Å². The molecule has 0 aromatic heterocycles. The fourth-order valence-electron chi connectivity index (χ4n) is 2.27. The molecule has 2 aromatic rings. The van der Waals surface area contributed by atoms with E-state index in [0.717, 1.165) is 10.0 Å². The van der Waals surface area contributed by atoms with E-state index in [2.05, 4.69) is 37.1 Å². The molecule has 0 aliphatic rings. The van der Waals surface area contributed by atoms with Crippen molar-refractivity contribution in [1.82, 2.24) is 10.7 Å². The van der Waals surface area contributed by atoms with Gasteiger partial charge in [0.25, 0.3) is 5.91 Å². The number of ether oxygens (including phenoxy) is 1. The second-order valence-electron chi connectivity index (χ2n) is 5.89. The van der Waals surface area contributed by atoms with Crippen LogP contribution in [0.15, 0.2) is 52.0 Å². The van der Waals surface area contributed by atoms with Crippen LogP contribution in [0, 0.1) is 6.92 Å². The first-order valence-electron chi connectivity index (χ1n) is 8.79. The summed E-state index contributed by atoms with van der Waals surface area (Å²) in [6.45, 7) is 3.73. The Morgan fingerprint density at radius 1 is 1.14 bits per heavy atom. The number of hydrazone groups is 1. The molecule has 0 aliphatic heterocycles. The molecule has 0 atom stereocenters. The van der Waals surface area contributed by atoms with Crippen LogP contribution in [0.25, 0.3) is 0 Å². The summed E-state index contributed by atoms with van der Waals surface area (Å²) in [4.78, 5) is 35.1. The van der Waals surface area contributed by atoms with Gasteiger partial charge in [0.2, 0.25) is 0 Å². The van der Waals surface area contributed by atoms with Gasteiger partial charge in [-0.05, 0) is 49.7 Å². The minimum absolute atomic E-state index is 0.203. The molecular formula is C20H21BrN4O4. The third kappa shape index (κ3) is 7.04. The molecule has 3 amide bonds. The third-order valence-electron chi connectivity index (χ3n) is 3.65. The highest BCUT2D eigenvalue weighted by Gasteiger charge is 2.11. The number of nitrogens with one attached hydrogen (secondary N) is 3. The van der Waals surface area contributed by atoms with Gasteiger partial charge < -0.3 is 15.4 Å². The number of hydrogen-bond acceptors (Lipinski definition) is 5. The highest BCUT2D eigenvalue weighted by Crippen LogP contribution is 2.20. The molecule has 0 heterocycles. The minimum Gasteiger partial charge on any atom is -0.483 e. The van der Waals surface area contributed by atoms with Crippen molar-refractivity contribution in [2.45, 2.75) is 13.8 Å². The molecule has 0 unspecified atom stereocenters. The van der Waals surface area contributed by atoms with Gasteiger partial charge in [-0.15, -0.1) is 0 Å². The Morgan fingerprint density at radius 3 is 2.62 bits per heavy atom. The maximum Gasteiger partial charge on any atom is 0.329 e. The molecule has 3 N–H and O–H groups in total. The molecule has 29 heavy (non-hydrogen) atoms. The number of likely N-dealkylation sites (N-methyl/N-ethyl adjacent to an activating group) is 1. The number of amides is 3. The molecule has 2 rings (SSSR count). The van der Waals surface area contributed by atoms with Gasteiger partial charge in [0.15, 0.2) is 6.61 Å². The van der Waals surface area contributed by atoms with Gasteiger partial charge in [-0.3, -0.25) is 14.4 Å². The van der Waals surface area contributed by atoms with Gasteiger partial charge in [-0.2, -0.15) is 5.10 Å². The van der Waals surface area contributed by atoms with Crippen LogP contribution in [0.2, 0.25) is 0 Å². The lowest BCUT2D eigenvalue weighted by molar-refractivity contribution is -0.139. The highest BCUT2D eigenvalue weighted by molar-refractivity contribution is 9.10. The van der Waals surface area contributed by atoms with Crippen LogP contribution >= 0.6 is 15.9 Å². The Bertz CT molecular complexity index is 930. The number of halogens is 1. The Balaban J connectivity index is 1.94. The lowest BCUT2D eigenvalue weighted by Gasteiger charge is -2.11. The van der Waals surface area contributed by atoms with E-state index in [4.69, 9.17) is 4.74 Å². The summed E-state index contributed by atoms with van der Waals surface area (Å²) in [7, 11) is 0. The third-order valence-corrected chi connectivity index (χ3v) is 4.15. The van der Waals surface area contributed by atoms with Crippen molar-refractivity contribution >= 4 is 45.6 Å². The van der Waals surface area contributed by atoms with Crippen molar-refractivity contribution in [2.24, 2.45) is 5.10 Å². The van der Waals surface area contributed by atoms with Crippen LogP contribution in [0.4, 0.5) is 5.69 Å². The average Bonchev–Trinajstić information content (AvgIpc) is 2.69. The van der Waals surface area contributed by atoms with E-state index < -0.39 is 11.8 Å². The van der Waals surface area contributed by atoms with Crippen molar-refractivity contribution in [2.75, 3.05) is 18.5 Å². The molecule has 152 valence electrons. The number of nitrogens with zero attached hydrogens (tertiary/aromatic N) is 1. The molecule has 2 aromatic carbocycles.